The van der Waals surface area contributed by atoms with Gasteiger partial charge in [-0.1, -0.05) is 18.2 Å². The van der Waals surface area contributed by atoms with Gasteiger partial charge in [0.05, 0.1) is 6.54 Å². The van der Waals surface area contributed by atoms with Crippen molar-refractivity contribution in [2.45, 2.75) is 12.8 Å². The van der Waals surface area contributed by atoms with Crippen molar-refractivity contribution in [3.63, 3.8) is 0 Å². The smallest absolute Gasteiger partial charge is 0.101 e. The number of rotatable bonds is 2. The topological polar surface area (TPSA) is 50.4 Å². The first-order chi connectivity index (χ1) is 6.90. The van der Waals surface area contributed by atoms with Gasteiger partial charge in [-0.15, -0.1) is 0 Å². The van der Waals surface area contributed by atoms with Gasteiger partial charge in [0.2, 0.25) is 0 Å². The molecule has 0 saturated heterocycles. The zero-order chi connectivity index (χ0) is 9.80. The Morgan fingerprint density at radius 3 is 3.00 bits per heavy atom. The van der Waals surface area contributed by atoms with E-state index in [2.05, 4.69) is 28.5 Å². The van der Waals surface area contributed by atoms with Crippen molar-refractivity contribution in [3.8, 4) is 0 Å². The molecule has 74 valence electrons. The fourth-order valence-electron chi connectivity index (χ4n) is 1.65. The molecule has 0 amide bonds. The Bertz CT molecular complexity index is 344. The molecule has 1 aliphatic heterocycles. The molecule has 0 fully saturated rings. The molecule has 1 heterocycles. The van der Waals surface area contributed by atoms with Gasteiger partial charge in [0.1, 0.15) is 5.84 Å². The maximum Gasteiger partial charge on any atom is 0.101 e. The van der Waals surface area contributed by atoms with Gasteiger partial charge in [0.25, 0.3) is 0 Å². The molecular weight excluding hydrogens is 174 g/mol. The van der Waals surface area contributed by atoms with Gasteiger partial charge >= 0.3 is 0 Å². The third kappa shape index (κ3) is 1.93. The summed E-state index contributed by atoms with van der Waals surface area (Å²) >= 11 is 0. The lowest BCUT2D eigenvalue weighted by Gasteiger charge is -2.19. The highest BCUT2D eigenvalue weighted by Crippen LogP contribution is 2.21. The highest BCUT2D eigenvalue weighted by atomic mass is 15.0. The monoisotopic (exact) mass is 189 g/mol. The van der Waals surface area contributed by atoms with E-state index >= 15 is 0 Å². The lowest BCUT2D eigenvalue weighted by molar-refractivity contribution is 0.940. The van der Waals surface area contributed by atoms with E-state index in [-0.39, 0.29) is 0 Å². The zero-order valence-electron chi connectivity index (χ0n) is 8.16. The van der Waals surface area contributed by atoms with Crippen molar-refractivity contribution in [3.05, 3.63) is 29.8 Å². The number of anilines is 1. The molecule has 2 rings (SSSR count). The van der Waals surface area contributed by atoms with Crippen LogP contribution >= 0.6 is 0 Å². The molecule has 3 N–H and O–H groups in total. The van der Waals surface area contributed by atoms with Gasteiger partial charge in [0, 0.05) is 18.7 Å². The average molecular weight is 189 g/mol. The van der Waals surface area contributed by atoms with Gasteiger partial charge in [-0.3, -0.25) is 4.99 Å². The van der Waals surface area contributed by atoms with Crippen LogP contribution in [0.5, 0.6) is 0 Å². The molecule has 1 aromatic rings. The van der Waals surface area contributed by atoms with E-state index in [4.69, 9.17) is 5.73 Å². The number of fused-ring (bicyclic) bond motifs is 1. The van der Waals surface area contributed by atoms with Gasteiger partial charge in [-0.05, 0) is 18.1 Å². The minimum Gasteiger partial charge on any atom is -0.344 e. The summed E-state index contributed by atoms with van der Waals surface area (Å²) in [4.78, 5) is 4.38. The largest absolute Gasteiger partial charge is 0.344 e. The first-order valence-corrected chi connectivity index (χ1v) is 4.98. The summed E-state index contributed by atoms with van der Waals surface area (Å²) in [6.07, 6.45) is 2.07. The van der Waals surface area contributed by atoms with Crippen LogP contribution in [0.1, 0.15) is 12.0 Å². The Balaban J connectivity index is 2.13. The quantitative estimate of drug-likeness (QED) is 0.739. The first kappa shape index (κ1) is 9.21. The van der Waals surface area contributed by atoms with Crippen LogP contribution in [0.2, 0.25) is 0 Å². The Labute approximate surface area is 84.0 Å². The number of amidine groups is 1. The van der Waals surface area contributed by atoms with E-state index in [1.54, 1.807) is 0 Å². The zero-order valence-corrected chi connectivity index (χ0v) is 8.16. The third-order valence-electron chi connectivity index (χ3n) is 2.36. The Morgan fingerprint density at radius 1 is 1.29 bits per heavy atom. The third-order valence-corrected chi connectivity index (χ3v) is 2.36. The molecule has 3 heteroatoms. The van der Waals surface area contributed by atoms with E-state index < -0.39 is 0 Å². The van der Waals surface area contributed by atoms with E-state index in [0.717, 1.165) is 18.7 Å². The van der Waals surface area contributed by atoms with Gasteiger partial charge < -0.3 is 11.1 Å². The second-order valence-corrected chi connectivity index (χ2v) is 3.40. The standard InChI is InChI=1S/C11H15N3/c12-7-8-13-11-6-5-9-3-1-2-4-10(9)14-11/h1-4H,5-8,12H2,(H,13,14). The SMILES string of the molecule is NCCN=C1CCc2ccccc2N1. The van der Waals surface area contributed by atoms with Gasteiger partial charge in [-0.2, -0.15) is 0 Å². The van der Waals surface area contributed by atoms with Gasteiger partial charge in [-0.25, -0.2) is 0 Å². The molecule has 14 heavy (non-hydrogen) atoms. The second kappa shape index (κ2) is 4.24. The van der Waals surface area contributed by atoms with Crippen molar-refractivity contribution in [1.82, 2.24) is 0 Å². The number of nitrogens with zero attached hydrogens (tertiary/aromatic N) is 1. The van der Waals surface area contributed by atoms with Crippen molar-refractivity contribution >= 4 is 11.5 Å². The normalized spacial score (nSPS) is 17.6. The number of para-hydroxylation sites is 1. The highest BCUT2D eigenvalue weighted by Gasteiger charge is 2.11. The van der Waals surface area contributed by atoms with E-state index in [1.807, 2.05) is 6.07 Å². The molecule has 0 bridgehead atoms. The maximum absolute atomic E-state index is 5.41. The maximum atomic E-state index is 5.41. The van der Waals surface area contributed by atoms with Crippen LogP contribution in [0.15, 0.2) is 29.3 Å². The molecule has 0 atom stereocenters. The van der Waals surface area contributed by atoms with Crippen LogP contribution in [-0.2, 0) is 6.42 Å². The number of hydrogen-bond acceptors (Lipinski definition) is 2. The van der Waals surface area contributed by atoms with Crippen molar-refractivity contribution < 1.29 is 0 Å². The molecule has 0 saturated carbocycles. The van der Waals surface area contributed by atoms with E-state index in [9.17, 15) is 0 Å². The molecular formula is C11H15N3. The average Bonchev–Trinajstić information content (AvgIpc) is 2.26. The molecule has 1 aliphatic rings. The fourth-order valence-corrected chi connectivity index (χ4v) is 1.65. The van der Waals surface area contributed by atoms with Gasteiger partial charge in [0.15, 0.2) is 0 Å². The number of aryl methyl sites for hydroxylation is 1. The summed E-state index contributed by atoms with van der Waals surface area (Å²) in [5, 5.41) is 3.33. The lowest BCUT2D eigenvalue weighted by atomic mass is 10.0. The molecule has 0 spiro atoms. The fraction of sp³-hybridized carbons (Fsp3) is 0.364. The molecule has 1 aromatic carbocycles. The van der Waals surface area contributed by atoms with Crippen molar-refractivity contribution in [2.75, 3.05) is 18.4 Å². The number of aliphatic imine (C=N–C) groups is 1. The summed E-state index contributed by atoms with van der Waals surface area (Å²) in [6, 6.07) is 8.36. The number of benzene rings is 1. The predicted octanol–water partition coefficient (Wildman–Crippen LogP) is 1.40. The molecule has 3 nitrogen and oxygen atoms in total. The Morgan fingerprint density at radius 2 is 2.14 bits per heavy atom. The highest BCUT2D eigenvalue weighted by molar-refractivity contribution is 5.98. The number of nitrogens with two attached hydrogens (primary N) is 1. The number of nitrogens with one attached hydrogen (secondary N) is 1. The Hall–Kier alpha value is -1.35. The van der Waals surface area contributed by atoms with Crippen LogP contribution in [0.25, 0.3) is 0 Å². The molecule has 0 radical (unpaired) electrons. The van der Waals surface area contributed by atoms with Crippen LogP contribution in [0, 0.1) is 0 Å². The molecule has 0 aliphatic carbocycles. The second-order valence-electron chi connectivity index (χ2n) is 3.40. The number of hydrogen-bond donors (Lipinski definition) is 2. The first-order valence-electron chi connectivity index (χ1n) is 4.98. The minimum absolute atomic E-state index is 0.618. The summed E-state index contributed by atoms with van der Waals surface area (Å²) in [5.41, 5.74) is 7.97. The van der Waals surface area contributed by atoms with Crippen molar-refractivity contribution in [2.24, 2.45) is 10.7 Å². The summed E-state index contributed by atoms with van der Waals surface area (Å²) < 4.78 is 0. The summed E-state index contributed by atoms with van der Waals surface area (Å²) in [6.45, 7) is 1.33. The van der Waals surface area contributed by atoms with E-state index in [0.29, 0.717) is 13.1 Å². The molecule has 0 aromatic heterocycles. The molecule has 0 unspecified atom stereocenters. The van der Waals surface area contributed by atoms with Crippen molar-refractivity contribution in [1.29, 1.82) is 0 Å². The van der Waals surface area contributed by atoms with E-state index in [1.165, 1.54) is 11.3 Å². The van der Waals surface area contributed by atoms with Crippen LogP contribution in [0.3, 0.4) is 0 Å². The summed E-state index contributed by atoms with van der Waals surface area (Å²) in [7, 11) is 0. The lowest BCUT2D eigenvalue weighted by Crippen LogP contribution is -2.20. The van der Waals surface area contributed by atoms with Crippen LogP contribution in [0.4, 0.5) is 5.69 Å². The minimum atomic E-state index is 0.618. The predicted molar refractivity (Wildman–Crippen MR) is 59.7 cm³/mol. The van der Waals surface area contributed by atoms with Crippen LogP contribution in [-0.4, -0.2) is 18.9 Å². The summed E-state index contributed by atoms with van der Waals surface area (Å²) in [5.74, 6) is 1.06. The van der Waals surface area contributed by atoms with Crippen LogP contribution < -0.4 is 11.1 Å². The Kier molecular flexibility index (Phi) is 2.79.